The zero-order valence-corrected chi connectivity index (χ0v) is 13.0. The maximum atomic E-state index is 12.5. The summed E-state index contributed by atoms with van der Waals surface area (Å²) in [6.45, 7) is 3.83. The van der Waals surface area contributed by atoms with Crippen molar-refractivity contribution in [2.75, 3.05) is 4.90 Å². The minimum absolute atomic E-state index is 0.00205. The minimum Gasteiger partial charge on any atom is -0.293 e. The van der Waals surface area contributed by atoms with Crippen LogP contribution in [0.3, 0.4) is 0 Å². The Morgan fingerprint density at radius 2 is 1.95 bits per heavy atom. The maximum Gasteiger partial charge on any atom is 0.335 e. The first kappa shape index (κ1) is 16.2. The number of benzene rings is 1. The zero-order valence-electron chi connectivity index (χ0n) is 12.2. The van der Waals surface area contributed by atoms with Gasteiger partial charge in [-0.2, -0.15) is 0 Å². The molecule has 1 fully saturated rings. The largest absolute Gasteiger partial charge is 0.335 e. The number of rotatable bonds is 4. The van der Waals surface area contributed by atoms with Crippen molar-refractivity contribution in [2.45, 2.75) is 26.3 Å². The summed E-state index contributed by atoms with van der Waals surface area (Å²) in [5, 5.41) is 2.65. The van der Waals surface area contributed by atoms with Crippen molar-refractivity contribution >= 4 is 41.3 Å². The van der Waals surface area contributed by atoms with Crippen LogP contribution in [-0.2, 0) is 9.59 Å². The van der Waals surface area contributed by atoms with Gasteiger partial charge in [0.05, 0.1) is 5.69 Å². The predicted octanol–water partition coefficient (Wildman–Crippen LogP) is 2.41. The Morgan fingerprint density at radius 1 is 1.32 bits per heavy atom. The van der Waals surface area contributed by atoms with Gasteiger partial charge >= 0.3 is 6.03 Å². The first-order chi connectivity index (χ1) is 10.4. The number of barbiturate groups is 1. The fraction of sp³-hybridized carbons (Fsp3) is 0.333. The van der Waals surface area contributed by atoms with Crippen LogP contribution in [0.2, 0.25) is 5.02 Å². The number of halogens is 1. The molecule has 0 aromatic heterocycles. The summed E-state index contributed by atoms with van der Waals surface area (Å²) in [6, 6.07) is 5.44. The molecule has 1 aliphatic rings. The molecule has 0 spiro atoms. The van der Waals surface area contributed by atoms with Crippen molar-refractivity contribution in [2.24, 2.45) is 10.9 Å². The molecule has 0 radical (unpaired) electrons. The third-order valence-electron chi connectivity index (χ3n) is 3.37. The van der Waals surface area contributed by atoms with Crippen LogP contribution < -0.4 is 10.2 Å². The van der Waals surface area contributed by atoms with Crippen LogP contribution in [0.4, 0.5) is 10.5 Å². The van der Waals surface area contributed by atoms with E-state index in [-0.39, 0.29) is 6.04 Å². The summed E-state index contributed by atoms with van der Waals surface area (Å²) >= 11 is 5.80. The number of hydrogen-bond acceptors (Lipinski definition) is 4. The van der Waals surface area contributed by atoms with Gasteiger partial charge in [-0.25, -0.2) is 9.69 Å². The monoisotopic (exact) mass is 321 g/mol. The van der Waals surface area contributed by atoms with Gasteiger partial charge in [-0.1, -0.05) is 18.5 Å². The summed E-state index contributed by atoms with van der Waals surface area (Å²) < 4.78 is 0. The number of hydrogen-bond donors (Lipinski definition) is 1. The predicted molar refractivity (Wildman–Crippen MR) is 84.2 cm³/mol. The van der Waals surface area contributed by atoms with Gasteiger partial charge in [-0.05, 0) is 37.6 Å². The number of nitrogens with one attached hydrogen (secondary N) is 1. The lowest BCUT2D eigenvalue weighted by Crippen LogP contribution is -2.58. The fourth-order valence-electron chi connectivity index (χ4n) is 1.89. The highest BCUT2D eigenvalue weighted by Crippen LogP contribution is 2.22. The van der Waals surface area contributed by atoms with Crippen LogP contribution in [0.15, 0.2) is 29.3 Å². The van der Waals surface area contributed by atoms with E-state index < -0.39 is 23.8 Å². The van der Waals surface area contributed by atoms with Gasteiger partial charge in [0.15, 0.2) is 5.92 Å². The second-order valence-electron chi connectivity index (χ2n) is 4.98. The molecule has 0 aliphatic carbocycles. The molecule has 1 unspecified atom stereocenters. The molecule has 0 saturated carbocycles. The molecule has 1 aromatic carbocycles. The van der Waals surface area contributed by atoms with Crippen LogP contribution in [0.5, 0.6) is 0 Å². The second kappa shape index (κ2) is 6.70. The van der Waals surface area contributed by atoms with E-state index in [1.54, 1.807) is 24.3 Å². The number of nitrogens with zero attached hydrogens (tertiary/aromatic N) is 2. The van der Waals surface area contributed by atoms with Gasteiger partial charge < -0.3 is 0 Å². The molecule has 6 nitrogen and oxygen atoms in total. The van der Waals surface area contributed by atoms with Crippen molar-refractivity contribution in [1.82, 2.24) is 5.32 Å². The number of carbonyl (C=O) groups excluding carboxylic acids is 3. The minimum atomic E-state index is -1.11. The highest BCUT2D eigenvalue weighted by Gasteiger charge is 2.40. The van der Waals surface area contributed by atoms with E-state index in [1.165, 1.54) is 6.21 Å². The Morgan fingerprint density at radius 3 is 2.55 bits per heavy atom. The molecule has 1 N–H and O–H groups in total. The Bertz CT molecular complexity index is 627. The van der Waals surface area contributed by atoms with Crippen LogP contribution in [-0.4, -0.2) is 30.1 Å². The molecule has 4 amide bonds. The summed E-state index contributed by atoms with van der Waals surface area (Å²) in [7, 11) is 0. The van der Waals surface area contributed by atoms with E-state index in [4.69, 9.17) is 11.6 Å². The van der Waals surface area contributed by atoms with E-state index >= 15 is 0 Å². The Balaban J connectivity index is 2.29. The first-order valence-electron chi connectivity index (χ1n) is 6.91. The number of imide groups is 2. The van der Waals surface area contributed by atoms with Gasteiger partial charge in [0.2, 0.25) is 5.91 Å². The Kier molecular flexibility index (Phi) is 4.92. The molecule has 1 aromatic rings. The topological polar surface area (TPSA) is 78.8 Å². The number of anilines is 1. The zero-order chi connectivity index (χ0) is 16.3. The third-order valence-corrected chi connectivity index (χ3v) is 3.62. The molecule has 1 aliphatic heterocycles. The fourth-order valence-corrected chi connectivity index (χ4v) is 2.02. The Hall–Kier alpha value is -2.21. The number of amides is 4. The SMILES string of the molecule is CC[C@@H](C)N=CC1C(=O)NC(=O)N(c2ccc(Cl)cc2)C1=O. The quantitative estimate of drug-likeness (QED) is 0.683. The summed E-state index contributed by atoms with van der Waals surface area (Å²) in [5.41, 5.74) is 0.348. The smallest absolute Gasteiger partial charge is 0.293 e. The van der Waals surface area contributed by atoms with Crippen LogP contribution in [0.25, 0.3) is 0 Å². The van der Waals surface area contributed by atoms with Crippen LogP contribution in [0, 0.1) is 5.92 Å². The average molecular weight is 322 g/mol. The molecule has 2 atom stereocenters. The van der Waals surface area contributed by atoms with E-state index in [1.807, 2.05) is 13.8 Å². The van der Waals surface area contributed by atoms with Gasteiger partial charge in [0.25, 0.3) is 5.91 Å². The second-order valence-corrected chi connectivity index (χ2v) is 5.41. The first-order valence-corrected chi connectivity index (χ1v) is 7.29. The number of aliphatic imine (C=N–C) groups is 1. The van der Waals surface area contributed by atoms with Crippen LogP contribution >= 0.6 is 11.6 Å². The highest BCUT2D eigenvalue weighted by molar-refractivity contribution is 6.33. The lowest BCUT2D eigenvalue weighted by Gasteiger charge is -2.28. The maximum absolute atomic E-state index is 12.5. The van der Waals surface area contributed by atoms with Crippen molar-refractivity contribution in [3.8, 4) is 0 Å². The van der Waals surface area contributed by atoms with Crippen molar-refractivity contribution in [3.05, 3.63) is 29.3 Å². The molecule has 7 heteroatoms. The third kappa shape index (κ3) is 3.33. The average Bonchev–Trinajstić information content (AvgIpc) is 2.48. The summed E-state index contributed by atoms with van der Waals surface area (Å²) in [5.74, 6) is -2.39. The molecule has 1 saturated heterocycles. The van der Waals surface area contributed by atoms with Crippen molar-refractivity contribution in [3.63, 3.8) is 0 Å². The molecule has 1 heterocycles. The van der Waals surface area contributed by atoms with E-state index in [0.29, 0.717) is 10.7 Å². The highest BCUT2D eigenvalue weighted by atomic mass is 35.5. The molecular weight excluding hydrogens is 306 g/mol. The van der Waals surface area contributed by atoms with E-state index in [9.17, 15) is 14.4 Å². The Labute approximate surface area is 133 Å². The normalized spacial score (nSPS) is 20.4. The molecule has 0 bridgehead atoms. The van der Waals surface area contributed by atoms with Gasteiger partial charge in [-0.15, -0.1) is 0 Å². The number of urea groups is 1. The van der Waals surface area contributed by atoms with Gasteiger partial charge in [-0.3, -0.25) is 19.9 Å². The number of carbonyl (C=O) groups is 3. The summed E-state index contributed by atoms with van der Waals surface area (Å²) in [4.78, 5) is 41.3. The molecule has 2 rings (SSSR count). The van der Waals surface area contributed by atoms with Crippen molar-refractivity contribution in [1.29, 1.82) is 0 Å². The van der Waals surface area contributed by atoms with E-state index in [0.717, 1.165) is 11.3 Å². The summed E-state index contributed by atoms with van der Waals surface area (Å²) in [6.07, 6.45) is 2.10. The lowest BCUT2D eigenvalue weighted by atomic mass is 10.1. The van der Waals surface area contributed by atoms with E-state index in [2.05, 4.69) is 10.3 Å². The van der Waals surface area contributed by atoms with Crippen molar-refractivity contribution < 1.29 is 14.4 Å². The molecule has 116 valence electrons. The van der Waals surface area contributed by atoms with Crippen LogP contribution in [0.1, 0.15) is 20.3 Å². The molecule has 22 heavy (non-hydrogen) atoms. The molecular formula is C15H16ClN3O3. The lowest BCUT2D eigenvalue weighted by molar-refractivity contribution is -0.131. The van der Waals surface area contributed by atoms with Gasteiger partial charge in [0, 0.05) is 17.3 Å². The standard InChI is InChI=1S/C15H16ClN3O3/c1-3-9(2)17-8-12-13(20)18-15(22)19(14(12)21)11-6-4-10(16)5-7-11/h4-9,12H,3H2,1-2H3,(H,18,20,22)/t9-,12?/m1/s1. The van der Waals surface area contributed by atoms with Gasteiger partial charge in [0.1, 0.15) is 0 Å².